The largest absolute Gasteiger partial charge is 0.496 e. The van der Waals surface area contributed by atoms with Crippen molar-refractivity contribution < 1.29 is 31.1 Å². The predicted molar refractivity (Wildman–Crippen MR) is 152 cm³/mol. The zero-order valence-corrected chi connectivity index (χ0v) is 25.1. The van der Waals surface area contributed by atoms with Crippen molar-refractivity contribution in [2.75, 3.05) is 18.6 Å². The van der Waals surface area contributed by atoms with E-state index in [0.717, 1.165) is 47.2 Å². The second-order valence-corrected chi connectivity index (χ2v) is 12.5. The topological polar surface area (TPSA) is 66.9 Å². The lowest BCUT2D eigenvalue weighted by molar-refractivity contribution is -0.143. The molecule has 234 valence electrons. The van der Waals surface area contributed by atoms with E-state index >= 15 is 0 Å². The third-order valence-corrected chi connectivity index (χ3v) is 8.12. The van der Waals surface area contributed by atoms with E-state index in [4.69, 9.17) is 4.74 Å². The number of H-pyrrole nitrogens is 1. The summed E-state index contributed by atoms with van der Waals surface area (Å²) in [5, 5.41) is 14.0. The van der Waals surface area contributed by atoms with Gasteiger partial charge in [-0.05, 0) is 94.3 Å². The Morgan fingerprint density at radius 2 is 1.60 bits per heavy atom. The van der Waals surface area contributed by atoms with Crippen LogP contribution in [0.4, 0.5) is 32.3 Å². The maximum Gasteiger partial charge on any atom is 0.416 e. The number of nitrogens with zero attached hydrogens (tertiary/aromatic N) is 4. The van der Waals surface area contributed by atoms with Crippen molar-refractivity contribution in [2.24, 2.45) is 11.3 Å². The number of ether oxygens (including phenoxy) is 1. The smallest absolute Gasteiger partial charge is 0.416 e. The van der Waals surface area contributed by atoms with Crippen LogP contribution < -0.4 is 9.64 Å². The van der Waals surface area contributed by atoms with E-state index in [1.54, 1.807) is 12.0 Å². The minimum absolute atomic E-state index is 0.0275. The van der Waals surface area contributed by atoms with Crippen LogP contribution in [-0.2, 0) is 18.9 Å². The summed E-state index contributed by atoms with van der Waals surface area (Å²) in [5.74, 6) is 1.32. The Morgan fingerprint density at radius 1 is 0.953 bits per heavy atom. The minimum atomic E-state index is -4.95. The normalized spacial score (nSPS) is 16.6. The van der Waals surface area contributed by atoms with E-state index in [9.17, 15) is 26.3 Å². The fourth-order valence-electron chi connectivity index (χ4n) is 5.61. The molecule has 12 heteroatoms. The van der Waals surface area contributed by atoms with Gasteiger partial charge in [-0.3, -0.25) is 0 Å². The van der Waals surface area contributed by atoms with Gasteiger partial charge in [0, 0.05) is 18.7 Å². The summed E-state index contributed by atoms with van der Waals surface area (Å²) < 4.78 is 87.5. The third-order valence-electron chi connectivity index (χ3n) is 8.12. The standard InChI is InChI=1S/C31H37F6N5O/c1-18(2)20-7-10-27(43-6)26(14-20)25-9-8-22(29(3,4)5)13-21(25)17-42(28-38-40-41-39-28)16-19-11-23(30(32,33)34)15-24(12-19)31(35,36)37/h7,10-12,14-15,18,22H,8-9,13,16-17H2,1-6H3,(H,38,39,40,41). The number of allylic oxidation sites excluding steroid dienone is 1. The van der Waals surface area contributed by atoms with Gasteiger partial charge < -0.3 is 9.64 Å². The van der Waals surface area contributed by atoms with Crippen LogP contribution >= 0.6 is 0 Å². The molecule has 1 heterocycles. The van der Waals surface area contributed by atoms with E-state index in [2.05, 4.69) is 61.3 Å². The molecule has 4 rings (SSSR count). The van der Waals surface area contributed by atoms with Crippen LogP contribution in [0, 0.1) is 11.3 Å². The number of nitrogens with one attached hydrogen (secondary N) is 1. The van der Waals surface area contributed by atoms with Crippen LogP contribution in [0.1, 0.15) is 87.6 Å². The molecule has 0 saturated carbocycles. The Kier molecular flexibility index (Phi) is 9.18. The van der Waals surface area contributed by atoms with Crippen LogP contribution in [0.3, 0.4) is 0 Å². The van der Waals surface area contributed by atoms with Gasteiger partial charge in [-0.25, -0.2) is 0 Å². The zero-order valence-electron chi connectivity index (χ0n) is 25.1. The Hall–Kier alpha value is -3.57. The number of methoxy groups -OCH3 is 1. The highest BCUT2D eigenvalue weighted by atomic mass is 19.4. The summed E-state index contributed by atoms with van der Waals surface area (Å²) in [4.78, 5) is 1.57. The number of halogens is 6. The second-order valence-electron chi connectivity index (χ2n) is 12.5. The highest BCUT2D eigenvalue weighted by molar-refractivity contribution is 5.75. The molecule has 1 N–H and O–H groups in total. The van der Waals surface area contributed by atoms with Gasteiger partial charge >= 0.3 is 12.4 Å². The van der Waals surface area contributed by atoms with Crippen molar-refractivity contribution >= 4 is 11.5 Å². The molecule has 1 aromatic heterocycles. The Balaban J connectivity index is 1.84. The highest BCUT2D eigenvalue weighted by Crippen LogP contribution is 2.46. The Morgan fingerprint density at radius 3 is 2.12 bits per heavy atom. The van der Waals surface area contributed by atoms with Crippen molar-refractivity contribution in [3.63, 3.8) is 0 Å². The lowest BCUT2D eigenvalue weighted by Crippen LogP contribution is -2.31. The summed E-state index contributed by atoms with van der Waals surface area (Å²) in [6.45, 7) is 10.6. The molecule has 1 unspecified atom stereocenters. The molecule has 0 aliphatic heterocycles. The van der Waals surface area contributed by atoms with Gasteiger partial charge in [-0.1, -0.05) is 45.8 Å². The van der Waals surface area contributed by atoms with E-state index in [-0.39, 0.29) is 42.0 Å². The number of hydrogen-bond donors (Lipinski definition) is 1. The number of rotatable bonds is 8. The summed E-state index contributed by atoms with van der Waals surface area (Å²) in [7, 11) is 1.60. The molecule has 1 aliphatic rings. The first-order chi connectivity index (χ1) is 20.0. The van der Waals surface area contributed by atoms with Crippen molar-refractivity contribution in [1.29, 1.82) is 0 Å². The first-order valence-corrected chi connectivity index (χ1v) is 14.1. The van der Waals surface area contributed by atoms with Crippen LogP contribution in [0.5, 0.6) is 5.75 Å². The molecule has 0 radical (unpaired) electrons. The second kappa shape index (κ2) is 12.2. The molecule has 1 atom stereocenters. The van der Waals surface area contributed by atoms with Crippen molar-refractivity contribution in [3.05, 3.63) is 69.8 Å². The lowest BCUT2D eigenvalue weighted by Gasteiger charge is -2.38. The number of hydrogen-bond acceptors (Lipinski definition) is 5. The molecule has 1 aliphatic carbocycles. The van der Waals surface area contributed by atoms with Gasteiger partial charge in [0.1, 0.15) is 5.75 Å². The van der Waals surface area contributed by atoms with Crippen molar-refractivity contribution in [3.8, 4) is 5.75 Å². The number of anilines is 1. The summed E-state index contributed by atoms with van der Waals surface area (Å²) in [5.41, 5.74) is 1.17. The molecule has 0 fully saturated rings. The van der Waals surface area contributed by atoms with Gasteiger partial charge in [-0.2, -0.15) is 31.6 Å². The van der Waals surface area contributed by atoms with Crippen LogP contribution in [-0.4, -0.2) is 34.3 Å². The highest BCUT2D eigenvalue weighted by Gasteiger charge is 2.37. The van der Waals surface area contributed by atoms with Crippen molar-refractivity contribution in [1.82, 2.24) is 20.6 Å². The van der Waals surface area contributed by atoms with E-state index in [0.29, 0.717) is 18.1 Å². The van der Waals surface area contributed by atoms with E-state index in [1.807, 2.05) is 12.1 Å². The number of aromatic amines is 1. The molecule has 43 heavy (non-hydrogen) atoms. The molecular formula is C31H37F6N5O. The van der Waals surface area contributed by atoms with Gasteiger partial charge in [0.25, 0.3) is 5.95 Å². The van der Waals surface area contributed by atoms with Crippen LogP contribution in [0.2, 0.25) is 0 Å². The minimum Gasteiger partial charge on any atom is -0.496 e. The first-order valence-electron chi connectivity index (χ1n) is 14.1. The Labute approximate surface area is 247 Å². The molecule has 0 saturated heterocycles. The van der Waals surface area contributed by atoms with Gasteiger partial charge in [0.05, 0.1) is 18.2 Å². The van der Waals surface area contributed by atoms with Crippen LogP contribution in [0.15, 0.2) is 42.0 Å². The van der Waals surface area contributed by atoms with Gasteiger partial charge in [0.15, 0.2) is 0 Å². The maximum absolute atomic E-state index is 13.6. The maximum atomic E-state index is 13.6. The SMILES string of the molecule is COc1ccc(C(C)C)cc1C1=C(CN(Cc2cc(C(F)(F)F)cc(C(F)(F)F)c2)c2nn[nH]n2)CC(C(C)(C)C)CC1. The van der Waals surface area contributed by atoms with Gasteiger partial charge in [-0.15, -0.1) is 5.10 Å². The molecule has 0 bridgehead atoms. The summed E-state index contributed by atoms with van der Waals surface area (Å²) in [6, 6.07) is 7.68. The fraction of sp³-hybridized carbons (Fsp3) is 0.516. The van der Waals surface area contributed by atoms with Crippen molar-refractivity contribution in [2.45, 2.75) is 78.7 Å². The lowest BCUT2D eigenvalue weighted by atomic mass is 9.69. The fourth-order valence-corrected chi connectivity index (χ4v) is 5.61. The predicted octanol–water partition coefficient (Wildman–Crippen LogP) is 8.68. The number of benzene rings is 2. The quantitative estimate of drug-likeness (QED) is 0.259. The molecule has 6 nitrogen and oxygen atoms in total. The monoisotopic (exact) mass is 609 g/mol. The number of aromatic nitrogens is 4. The number of tetrazole rings is 1. The molecule has 0 amide bonds. The summed E-state index contributed by atoms with van der Waals surface area (Å²) in [6.07, 6.45) is -7.58. The third kappa shape index (κ3) is 7.69. The first kappa shape index (κ1) is 32.3. The molecule has 2 aromatic carbocycles. The molecule has 0 spiro atoms. The zero-order chi connectivity index (χ0) is 31.7. The summed E-state index contributed by atoms with van der Waals surface area (Å²) >= 11 is 0. The van der Waals surface area contributed by atoms with Gasteiger partial charge in [0.2, 0.25) is 0 Å². The van der Waals surface area contributed by atoms with E-state index < -0.39 is 23.5 Å². The molecular weight excluding hydrogens is 572 g/mol. The number of alkyl halides is 6. The van der Waals surface area contributed by atoms with E-state index in [1.165, 1.54) is 0 Å². The molecule has 3 aromatic rings. The average molecular weight is 610 g/mol. The van der Waals surface area contributed by atoms with Crippen LogP contribution in [0.25, 0.3) is 5.57 Å². The Bertz CT molecular complexity index is 1410. The average Bonchev–Trinajstić information content (AvgIpc) is 3.46.